The molecular weight excluding hydrogens is 374 g/mol. The summed E-state index contributed by atoms with van der Waals surface area (Å²) in [5.41, 5.74) is 4.35. The smallest absolute Gasteiger partial charge is 0.275 e. The number of carbonyl (C=O) groups is 1. The van der Waals surface area contributed by atoms with Gasteiger partial charge in [-0.2, -0.15) is 5.10 Å². The maximum atomic E-state index is 13.1. The Kier molecular flexibility index (Phi) is 5.19. The molecule has 5 heteroatoms. The molecule has 0 atom stereocenters. The summed E-state index contributed by atoms with van der Waals surface area (Å²) in [5, 5.41) is 5.99. The molecule has 4 rings (SSSR count). The van der Waals surface area contributed by atoms with E-state index in [4.69, 9.17) is 0 Å². The Morgan fingerprint density at radius 2 is 1.60 bits per heavy atom. The highest BCUT2D eigenvalue weighted by Gasteiger charge is 2.18. The van der Waals surface area contributed by atoms with Gasteiger partial charge >= 0.3 is 0 Å². The van der Waals surface area contributed by atoms with Crippen LogP contribution in [0.25, 0.3) is 22.0 Å². The van der Waals surface area contributed by atoms with Crippen LogP contribution in [0.15, 0.2) is 77.6 Å². The van der Waals surface area contributed by atoms with Gasteiger partial charge in [-0.3, -0.25) is 9.59 Å². The van der Waals surface area contributed by atoms with Crippen LogP contribution >= 0.6 is 0 Å². The molecule has 0 aliphatic rings. The number of anilines is 1. The van der Waals surface area contributed by atoms with Gasteiger partial charge in [0.1, 0.15) is 6.54 Å². The molecule has 5 nitrogen and oxygen atoms in total. The fourth-order valence-electron chi connectivity index (χ4n) is 3.56. The van der Waals surface area contributed by atoms with E-state index in [9.17, 15) is 9.59 Å². The molecule has 0 saturated heterocycles. The van der Waals surface area contributed by atoms with Crippen molar-refractivity contribution in [2.45, 2.75) is 20.4 Å². The summed E-state index contributed by atoms with van der Waals surface area (Å²) in [6, 6.07) is 22.9. The number of hydrogen-bond donors (Lipinski definition) is 0. The maximum Gasteiger partial charge on any atom is 0.275 e. The highest BCUT2D eigenvalue weighted by atomic mass is 16.2. The predicted octanol–water partition coefficient (Wildman–Crippen LogP) is 4.34. The summed E-state index contributed by atoms with van der Waals surface area (Å²) in [6.45, 7) is 3.92. The fraction of sp³-hybridized carbons (Fsp3) is 0.160. The zero-order valence-electron chi connectivity index (χ0n) is 17.3. The monoisotopic (exact) mass is 397 g/mol. The first-order valence-corrected chi connectivity index (χ1v) is 9.85. The molecule has 0 spiro atoms. The van der Waals surface area contributed by atoms with Crippen molar-refractivity contribution in [3.8, 4) is 11.3 Å². The molecule has 0 unspecified atom stereocenters. The van der Waals surface area contributed by atoms with E-state index in [-0.39, 0.29) is 18.0 Å². The van der Waals surface area contributed by atoms with Gasteiger partial charge in [-0.1, -0.05) is 54.1 Å². The Morgan fingerprint density at radius 3 is 2.33 bits per heavy atom. The van der Waals surface area contributed by atoms with Crippen molar-refractivity contribution in [2.24, 2.45) is 0 Å². The number of benzene rings is 3. The summed E-state index contributed by atoms with van der Waals surface area (Å²) in [7, 11) is 1.70. The Bertz CT molecular complexity index is 1290. The molecule has 0 fully saturated rings. The molecule has 1 aromatic heterocycles. The van der Waals surface area contributed by atoms with Crippen LogP contribution in [-0.4, -0.2) is 22.7 Å². The van der Waals surface area contributed by atoms with E-state index in [1.807, 2.05) is 68.4 Å². The van der Waals surface area contributed by atoms with Gasteiger partial charge in [0, 0.05) is 23.7 Å². The minimum Gasteiger partial charge on any atom is -0.314 e. The third-order valence-corrected chi connectivity index (χ3v) is 5.32. The largest absolute Gasteiger partial charge is 0.314 e. The van der Waals surface area contributed by atoms with E-state index < -0.39 is 0 Å². The molecule has 0 N–H and O–H groups in total. The Morgan fingerprint density at radius 1 is 0.933 bits per heavy atom. The quantitative estimate of drug-likeness (QED) is 0.515. The third-order valence-electron chi connectivity index (χ3n) is 5.32. The van der Waals surface area contributed by atoms with E-state index in [2.05, 4.69) is 17.2 Å². The molecule has 30 heavy (non-hydrogen) atoms. The highest BCUT2D eigenvalue weighted by molar-refractivity contribution is 5.95. The molecule has 0 saturated carbocycles. The number of rotatable bonds is 4. The number of amides is 1. The Balaban J connectivity index is 1.83. The Hall–Kier alpha value is -3.73. The van der Waals surface area contributed by atoms with E-state index in [0.717, 1.165) is 27.8 Å². The maximum absolute atomic E-state index is 13.1. The van der Waals surface area contributed by atoms with E-state index in [1.54, 1.807) is 18.0 Å². The average Bonchev–Trinajstić information content (AvgIpc) is 2.77. The van der Waals surface area contributed by atoms with Crippen LogP contribution in [0, 0.1) is 13.8 Å². The molecule has 0 aliphatic heterocycles. The number of carbonyl (C=O) groups excluding carboxylic acids is 1. The number of aromatic nitrogens is 2. The minimum atomic E-state index is -0.269. The van der Waals surface area contributed by atoms with Crippen molar-refractivity contribution in [1.29, 1.82) is 0 Å². The topological polar surface area (TPSA) is 55.2 Å². The summed E-state index contributed by atoms with van der Waals surface area (Å²) in [6.07, 6.45) is 0. The number of para-hydroxylation sites is 1. The van der Waals surface area contributed by atoms with Crippen molar-refractivity contribution in [3.63, 3.8) is 0 Å². The van der Waals surface area contributed by atoms with Crippen LogP contribution in [-0.2, 0) is 11.3 Å². The van der Waals surface area contributed by atoms with Gasteiger partial charge < -0.3 is 4.90 Å². The van der Waals surface area contributed by atoms with Gasteiger partial charge in [-0.05, 0) is 43.7 Å². The molecule has 0 bridgehead atoms. The number of likely N-dealkylation sites (N-methyl/N-ethyl adjacent to an activating group) is 1. The van der Waals surface area contributed by atoms with Gasteiger partial charge in [-0.25, -0.2) is 4.68 Å². The van der Waals surface area contributed by atoms with Crippen molar-refractivity contribution >= 4 is 22.4 Å². The first-order chi connectivity index (χ1) is 14.5. The van der Waals surface area contributed by atoms with Gasteiger partial charge in [-0.15, -0.1) is 0 Å². The Labute approximate surface area is 175 Å². The molecule has 150 valence electrons. The van der Waals surface area contributed by atoms with Gasteiger partial charge in [0.05, 0.1) is 11.1 Å². The standard InChI is InChI=1S/C25H23N3O2/c1-17-13-14-18(2)22(15-17)24-20-11-7-8-12-21(20)25(30)28(26-24)16-23(29)27(3)19-9-5-4-6-10-19/h4-15H,16H2,1-3H3. The van der Waals surface area contributed by atoms with E-state index in [0.29, 0.717) is 11.1 Å². The number of fused-ring (bicyclic) bond motifs is 1. The first-order valence-electron chi connectivity index (χ1n) is 9.85. The normalized spacial score (nSPS) is 10.9. The van der Waals surface area contributed by atoms with Crippen LogP contribution < -0.4 is 10.5 Å². The zero-order chi connectivity index (χ0) is 21.3. The van der Waals surface area contributed by atoms with Crippen LogP contribution in [0.5, 0.6) is 0 Å². The molecule has 1 amide bonds. The van der Waals surface area contributed by atoms with Crippen LogP contribution in [0.3, 0.4) is 0 Å². The summed E-state index contributed by atoms with van der Waals surface area (Å²) >= 11 is 0. The summed E-state index contributed by atoms with van der Waals surface area (Å²) in [4.78, 5) is 27.5. The highest BCUT2D eigenvalue weighted by Crippen LogP contribution is 2.28. The lowest BCUT2D eigenvalue weighted by atomic mass is 9.99. The van der Waals surface area contributed by atoms with Gasteiger partial charge in [0.2, 0.25) is 5.91 Å². The number of nitrogens with zero attached hydrogens (tertiary/aromatic N) is 3. The van der Waals surface area contributed by atoms with Crippen LogP contribution in [0.2, 0.25) is 0 Å². The molecular formula is C25H23N3O2. The van der Waals surface area contributed by atoms with Crippen LogP contribution in [0.4, 0.5) is 5.69 Å². The lowest BCUT2D eigenvalue weighted by molar-refractivity contribution is -0.119. The minimum absolute atomic E-state index is 0.132. The average molecular weight is 397 g/mol. The molecule has 0 aliphatic carbocycles. The first kappa shape index (κ1) is 19.6. The summed E-state index contributed by atoms with van der Waals surface area (Å²) in [5.74, 6) is -0.210. The SMILES string of the molecule is Cc1ccc(C)c(-c2nn(CC(=O)N(C)c3ccccc3)c(=O)c3ccccc23)c1. The van der Waals surface area contributed by atoms with Crippen molar-refractivity contribution in [2.75, 3.05) is 11.9 Å². The van der Waals surface area contributed by atoms with Crippen LogP contribution in [0.1, 0.15) is 11.1 Å². The lowest BCUT2D eigenvalue weighted by Gasteiger charge is -2.18. The number of hydrogen-bond acceptors (Lipinski definition) is 3. The fourth-order valence-corrected chi connectivity index (χ4v) is 3.56. The molecule has 1 heterocycles. The molecule has 0 radical (unpaired) electrons. The molecule has 3 aromatic carbocycles. The van der Waals surface area contributed by atoms with Crippen molar-refractivity contribution < 1.29 is 4.79 Å². The lowest BCUT2D eigenvalue weighted by Crippen LogP contribution is -2.35. The van der Waals surface area contributed by atoms with Gasteiger partial charge in [0.25, 0.3) is 5.56 Å². The second kappa shape index (κ2) is 7.95. The van der Waals surface area contributed by atoms with Crippen molar-refractivity contribution in [1.82, 2.24) is 9.78 Å². The second-order valence-electron chi connectivity index (χ2n) is 7.46. The predicted molar refractivity (Wildman–Crippen MR) is 121 cm³/mol. The van der Waals surface area contributed by atoms with E-state index in [1.165, 1.54) is 4.68 Å². The third kappa shape index (κ3) is 3.62. The zero-order valence-corrected chi connectivity index (χ0v) is 17.3. The van der Waals surface area contributed by atoms with E-state index >= 15 is 0 Å². The second-order valence-corrected chi connectivity index (χ2v) is 7.46. The molecule has 4 aromatic rings. The van der Waals surface area contributed by atoms with Crippen molar-refractivity contribution in [3.05, 3.63) is 94.3 Å². The summed E-state index contributed by atoms with van der Waals surface area (Å²) < 4.78 is 1.28. The van der Waals surface area contributed by atoms with Gasteiger partial charge in [0.15, 0.2) is 0 Å². The number of aryl methyl sites for hydroxylation is 2.